The number of carbonyl (C=O) groups is 1. The molecule has 0 aliphatic carbocycles. The average molecular weight is 315 g/mol. The normalized spacial score (nSPS) is 11.7. The van der Waals surface area contributed by atoms with E-state index in [0.29, 0.717) is 5.75 Å². The van der Waals surface area contributed by atoms with Crippen molar-refractivity contribution in [3.8, 4) is 5.75 Å². The third kappa shape index (κ3) is 4.81. The van der Waals surface area contributed by atoms with Crippen molar-refractivity contribution >= 4 is 17.7 Å². The van der Waals surface area contributed by atoms with Gasteiger partial charge in [0.15, 0.2) is 0 Å². The van der Waals surface area contributed by atoms with Crippen LogP contribution in [-0.2, 0) is 4.79 Å². The number of hydrogen-bond acceptors (Lipinski definition) is 3. The molecule has 0 radical (unpaired) electrons. The van der Waals surface area contributed by atoms with Crippen LogP contribution in [0.15, 0.2) is 59.5 Å². The molecule has 2 aromatic rings. The van der Waals surface area contributed by atoms with Gasteiger partial charge in [0.05, 0.1) is 18.9 Å². The number of nitrogens with one attached hydrogen (secondary N) is 1. The van der Waals surface area contributed by atoms with Gasteiger partial charge in [-0.25, -0.2) is 0 Å². The Kier molecular flexibility index (Phi) is 6.34. The van der Waals surface area contributed by atoms with Crippen LogP contribution >= 0.6 is 11.8 Å². The van der Waals surface area contributed by atoms with Gasteiger partial charge in [-0.2, -0.15) is 0 Å². The zero-order valence-electron chi connectivity index (χ0n) is 12.9. The fourth-order valence-electron chi connectivity index (χ4n) is 2.16. The Morgan fingerprint density at radius 1 is 1.14 bits per heavy atom. The summed E-state index contributed by atoms with van der Waals surface area (Å²) in [6, 6.07) is 17.8. The standard InChI is InChI=1S/C18H21NO2S/c1-3-17(14-9-11-15(21-2)12-10-14)19-18(20)13-22-16-7-5-4-6-8-16/h4-12,17H,3,13H2,1-2H3,(H,19,20)/t17-/m0/s1. The molecular weight excluding hydrogens is 294 g/mol. The Balaban J connectivity index is 1.90. The predicted molar refractivity (Wildman–Crippen MR) is 91.3 cm³/mol. The van der Waals surface area contributed by atoms with Gasteiger partial charge in [0.2, 0.25) is 5.91 Å². The molecule has 116 valence electrons. The minimum atomic E-state index is 0.0368. The van der Waals surface area contributed by atoms with Gasteiger partial charge in [-0.3, -0.25) is 4.79 Å². The molecule has 1 N–H and O–H groups in total. The van der Waals surface area contributed by atoms with Crippen molar-refractivity contribution in [2.75, 3.05) is 12.9 Å². The summed E-state index contributed by atoms with van der Waals surface area (Å²) in [5, 5.41) is 3.09. The highest BCUT2D eigenvalue weighted by atomic mass is 32.2. The van der Waals surface area contributed by atoms with Crippen LogP contribution in [-0.4, -0.2) is 18.8 Å². The molecule has 0 bridgehead atoms. The Hall–Kier alpha value is -1.94. The van der Waals surface area contributed by atoms with Crippen molar-refractivity contribution in [3.05, 3.63) is 60.2 Å². The molecule has 2 rings (SSSR count). The van der Waals surface area contributed by atoms with E-state index in [4.69, 9.17) is 4.74 Å². The summed E-state index contributed by atoms with van der Waals surface area (Å²) < 4.78 is 5.16. The second kappa shape index (κ2) is 8.49. The predicted octanol–water partition coefficient (Wildman–Crippen LogP) is 4.05. The number of hydrogen-bond donors (Lipinski definition) is 1. The second-order valence-corrected chi connectivity index (χ2v) is 5.95. The molecule has 0 aliphatic heterocycles. The highest BCUT2D eigenvalue weighted by Crippen LogP contribution is 2.21. The van der Waals surface area contributed by atoms with E-state index in [2.05, 4.69) is 12.2 Å². The van der Waals surface area contributed by atoms with Crippen LogP contribution in [0.2, 0.25) is 0 Å². The van der Waals surface area contributed by atoms with Gasteiger partial charge in [-0.15, -0.1) is 11.8 Å². The SMILES string of the molecule is CC[C@H](NC(=O)CSc1ccccc1)c1ccc(OC)cc1. The summed E-state index contributed by atoms with van der Waals surface area (Å²) in [5.41, 5.74) is 1.10. The van der Waals surface area contributed by atoms with E-state index in [1.165, 1.54) is 0 Å². The minimum Gasteiger partial charge on any atom is -0.497 e. The molecule has 3 nitrogen and oxygen atoms in total. The number of methoxy groups -OCH3 is 1. The maximum atomic E-state index is 12.1. The van der Waals surface area contributed by atoms with Crippen LogP contribution < -0.4 is 10.1 Å². The topological polar surface area (TPSA) is 38.3 Å². The number of benzene rings is 2. The molecule has 0 aliphatic rings. The van der Waals surface area contributed by atoms with E-state index in [1.54, 1.807) is 18.9 Å². The molecule has 4 heteroatoms. The zero-order valence-corrected chi connectivity index (χ0v) is 13.7. The van der Waals surface area contributed by atoms with Gasteiger partial charge in [-0.05, 0) is 36.2 Å². The third-order valence-electron chi connectivity index (χ3n) is 3.37. The molecule has 22 heavy (non-hydrogen) atoms. The first-order valence-electron chi connectivity index (χ1n) is 7.34. The second-order valence-electron chi connectivity index (χ2n) is 4.90. The Morgan fingerprint density at radius 2 is 1.82 bits per heavy atom. The average Bonchev–Trinajstić information content (AvgIpc) is 2.59. The van der Waals surface area contributed by atoms with E-state index in [-0.39, 0.29) is 11.9 Å². The largest absolute Gasteiger partial charge is 0.497 e. The Bertz CT molecular complexity index is 584. The van der Waals surface area contributed by atoms with E-state index >= 15 is 0 Å². The van der Waals surface area contributed by atoms with E-state index in [0.717, 1.165) is 22.6 Å². The van der Waals surface area contributed by atoms with Gasteiger partial charge in [-0.1, -0.05) is 37.3 Å². The summed E-state index contributed by atoms with van der Waals surface area (Å²) in [6.45, 7) is 2.07. The summed E-state index contributed by atoms with van der Waals surface area (Å²) in [6.07, 6.45) is 0.855. The van der Waals surface area contributed by atoms with Gasteiger partial charge in [0.25, 0.3) is 0 Å². The fraction of sp³-hybridized carbons (Fsp3) is 0.278. The maximum Gasteiger partial charge on any atom is 0.230 e. The zero-order chi connectivity index (χ0) is 15.8. The van der Waals surface area contributed by atoms with Crippen molar-refractivity contribution < 1.29 is 9.53 Å². The van der Waals surface area contributed by atoms with Gasteiger partial charge in [0, 0.05) is 4.90 Å². The molecule has 0 aromatic heterocycles. The number of amides is 1. The Labute approximate surface area is 136 Å². The maximum absolute atomic E-state index is 12.1. The van der Waals surface area contributed by atoms with Crippen molar-refractivity contribution in [2.24, 2.45) is 0 Å². The minimum absolute atomic E-state index is 0.0368. The van der Waals surface area contributed by atoms with Crippen molar-refractivity contribution in [1.82, 2.24) is 5.32 Å². The molecule has 0 spiro atoms. The van der Waals surface area contributed by atoms with Crippen LogP contribution in [0.1, 0.15) is 24.9 Å². The number of carbonyl (C=O) groups excluding carboxylic acids is 1. The first-order chi connectivity index (χ1) is 10.7. The molecule has 0 unspecified atom stereocenters. The van der Waals surface area contributed by atoms with Crippen LogP contribution in [0.4, 0.5) is 0 Å². The number of rotatable bonds is 7. The fourth-order valence-corrected chi connectivity index (χ4v) is 2.89. The highest BCUT2D eigenvalue weighted by molar-refractivity contribution is 8.00. The third-order valence-corrected chi connectivity index (χ3v) is 4.39. The highest BCUT2D eigenvalue weighted by Gasteiger charge is 2.13. The molecule has 1 atom stereocenters. The smallest absolute Gasteiger partial charge is 0.230 e. The van der Waals surface area contributed by atoms with Crippen LogP contribution in [0.5, 0.6) is 5.75 Å². The summed E-state index contributed by atoms with van der Waals surface area (Å²) in [5.74, 6) is 1.30. The van der Waals surface area contributed by atoms with Crippen molar-refractivity contribution in [1.29, 1.82) is 0 Å². The van der Waals surface area contributed by atoms with Gasteiger partial charge >= 0.3 is 0 Å². The molecule has 0 saturated carbocycles. The van der Waals surface area contributed by atoms with Crippen LogP contribution in [0.25, 0.3) is 0 Å². The molecule has 0 fully saturated rings. The molecular formula is C18H21NO2S. The first-order valence-corrected chi connectivity index (χ1v) is 8.32. The van der Waals surface area contributed by atoms with E-state index in [9.17, 15) is 4.79 Å². The summed E-state index contributed by atoms with van der Waals surface area (Å²) in [4.78, 5) is 13.2. The molecule has 2 aromatic carbocycles. The van der Waals surface area contributed by atoms with Crippen molar-refractivity contribution in [2.45, 2.75) is 24.3 Å². The first kappa shape index (κ1) is 16.4. The molecule has 0 heterocycles. The number of thioether (sulfide) groups is 1. The van der Waals surface area contributed by atoms with Gasteiger partial charge in [0.1, 0.15) is 5.75 Å². The lowest BCUT2D eigenvalue weighted by Crippen LogP contribution is -2.29. The quantitative estimate of drug-likeness (QED) is 0.783. The van der Waals surface area contributed by atoms with Gasteiger partial charge < -0.3 is 10.1 Å². The number of ether oxygens (including phenoxy) is 1. The van der Waals surface area contributed by atoms with Crippen LogP contribution in [0.3, 0.4) is 0 Å². The lowest BCUT2D eigenvalue weighted by Gasteiger charge is -2.17. The van der Waals surface area contributed by atoms with E-state index < -0.39 is 0 Å². The molecule has 0 saturated heterocycles. The Morgan fingerprint density at radius 3 is 2.41 bits per heavy atom. The monoisotopic (exact) mass is 315 g/mol. The molecule has 1 amide bonds. The summed E-state index contributed by atoms with van der Waals surface area (Å²) >= 11 is 1.55. The van der Waals surface area contributed by atoms with Crippen molar-refractivity contribution in [3.63, 3.8) is 0 Å². The lowest BCUT2D eigenvalue weighted by molar-refractivity contribution is -0.119. The lowest BCUT2D eigenvalue weighted by atomic mass is 10.0. The van der Waals surface area contributed by atoms with Crippen LogP contribution in [0, 0.1) is 0 Å². The van der Waals surface area contributed by atoms with E-state index in [1.807, 2.05) is 54.6 Å². The summed E-state index contributed by atoms with van der Waals surface area (Å²) in [7, 11) is 1.65.